The van der Waals surface area contributed by atoms with Crippen molar-refractivity contribution in [3.63, 3.8) is 0 Å². The summed E-state index contributed by atoms with van der Waals surface area (Å²) in [5, 5.41) is 15.3. The Labute approximate surface area is 142 Å². The number of nitrogens with one attached hydrogen (secondary N) is 2. The van der Waals surface area contributed by atoms with Crippen LogP contribution in [-0.4, -0.2) is 39.4 Å². The Kier molecular flexibility index (Phi) is 4.76. The number of fused-ring (bicyclic) bond motifs is 1. The zero-order valence-corrected chi connectivity index (χ0v) is 14.4. The molecular weight excluding hydrogens is 304 g/mol. The summed E-state index contributed by atoms with van der Waals surface area (Å²) in [6.45, 7) is 5.29. The van der Waals surface area contributed by atoms with Crippen LogP contribution in [0.25, 0.3) is 11.0 Å². The van der Waals surface area contributed by atoms with E-state index in [9.17, 15) is 9.90 Å². The molecule has 1 fully saturated rings. The van der Waals surface area contributed by atoms with Crippen LogP contribution in [-0.2, 0) is 6.54 Å². The molecular formula is C18H26N4O2. The van der Waals surface area contributed by atoms with Gasteiger partial charge in [-0.3, -0.25) is 0 Å². The minimum atomic E-state index is -0.499. The van der Waals surface area contributed by atoms with Crippen LogP contribution >= 0.6 is 0 Å². The fourth-order valence-corrected chi connectivity index (χ4v) is 3.21. The predicted molar refractivity (Wildman–Crippen MR) is 93.8 cm³/mol. The maximum atomic E-state index is 12.0. The van der Waals surface area contributed by atoms with Crippen molar-refractivity contribution in [3.05, 3.63) is 30.1 Å². The fraction of sp³-hybridized carbons (Fsp3) is 0.556. The van der Waals surface area contributed by atoms with Gasteiger partial charge < -0.3 is 20.3 Å². The molecule has 6 heteroatoms. The highest BCUT2D eigenvalue weighted by molar-refractivity contribution is 5.76. The molecule has 1 heterocycles. The summed E-state index contributed by atoms with van der Waals surface area (Å²) < 4.78 is 2.18. The Balaban J connectivity index is 1.48. The molecule has 3 rings (SSSR count). The second-order valence-electron chi connectivity index (χ2n) is 6.88. The lowest BCUT2D eigenvalue weighted by Gasteiger charge is -2.28. The van der Waals surface area contributed by atoms with Gasteiger partial charge in [-0.25, -0.2) is 9.78 Å². The highest BCUT2D eigenvalue weighted by Crippen LogP contribution is 2.39. The van der Waals surface area contributed by atoms with E-state index in [2.05, 4.69) is 26.3 Å². The quantitative estimate of drug-likeness (QED) is 0.681. The van der Waals surface area contributed by atoms with E-state index in [1.54, 1.807) is 0 Å². The first-order valence-electron chi connectivity index (χ1n) is 8.62. The summed E-state index contributed by atoms with van der Waals surface area (Å²) in [6, 6.07) is 7.88. The van der Waals surface area contributed by atoms with E-state index in [1.165, 1.54) is 0 Å². The molecule has 0 radical (unpaired) electrons. The summed E-state index contributed by atoms with van der Waals surface area (Å²) in [6.07, 6.45) is 2.97. The lowest BCUT2D eigenvalue weighted by Crippen LogP contribution is -2.54. The van der Waals surface area contributed by atoms with Crippen molar-refractivity contribution in [2.24, 2.45) is 5.92 Å². The molecule has 0 bridgehead atoms. The summed E-state index contributed by atoms with van der Waals surface area (Å²) in [7, 11) is 0. The molecule has 2 aromatic rings. The Bertz CT molecular complexity index is 723. The minimum absolute atomic E-state index is 0.0225. The van der Waals surface area contributed by atoms with E-state index < -0.39 is 5.54 Å². The highest BCUT2D eigenvalue weighted by atomic mass is 16.3. The van der Waals surface area contributed by atoms with Gasteiger partial charge in [-0.1, -0.05) is 12.1 Å². The molecule has 1 saturated carbocycles. The molecule has 1 aliphatic carbocycles. The molecule has 6 nitrogen and oxygen atoms in total. The van der Waals surface area contributed by atoms with Crippen LogP contribution in [0.5, 0.6) is 0 Å². The molecule has 1 aromatic carbocycles. The van der Waals surface area contributed by atoms with Crippen molar-refractivity contribution >= 4 is 17.1 Å². The molecule has 130 valence electrons. The average molecular weight is 330 g/mol. The SMILES string of the molecule is Cc1nc2ccccc2n1CCCNC(=O)NC(C)(CO)C1CC1. The van der Waals surface area contributed by atoms with Crippen LogP contribution < -0.4 is 10.6 Å². The molecule has 1 unspecified atom stereocenters. The number of aliphatic hydroxyl groups is 1. The minimum Gasteiger partial charge on any atom is -0.394 e. The number of para-hydroxylation sites is 2. The number of imidazole rings is 1. The lowest BCUT2D eigenvalue weighted by atomic mass is 9.97. The summed E-state index contributed by atoms with van der Waals surface area (Å²) >= 11 is 0. The van der Waals surface area contributed by atoms with Gasteiger partial charge in [0.05, 0.1) is 23.2 Å². The predicted octanol–water partition coefficient (Wildman–Crippen LogP) is 2.20. The number of benzene rings is 1. The van der Waals surface area contributed by atoms with E-state index >= 15 is 0 Å². The standard InChI is InChI=1S/C18H26N4O2/c1-13-20-15-6-3-4-7-16(15)22(13)11-5-10-19-17(24)21-18(2,12-23)14-8-9-14/h3-4,6-7,14,23H,5,8-12H2,1-2H3,(H2,19,21,24). The molecule has 0 saturated heterocycles. The van der Waals surface area contributed by atoms with Crippen molar-refractivity contribution in [3.8, 4) is 0 Å². The molecule has 0 aliphatic heterocycles. The number of urea groups is 1. The largest absolute Gasteiger partial charge is 0.394 e. The van der Waals surface area contributed by atoms with Crippen molar-refractivity contribution in [1.29, 1.82) is 0 Å². The molecule has 24 heavy (non-hydrogen) atoms. The first-order chi connectivity index (χ1) is 11.5. The van der Waals surface area contributed by atoms with Crippen LogP contribution in [0.15, 0.2) is 24.3 Å². The summed E-state index contributed by atoms with van der Waals surface area (Å²) in [4.78, 5) is 16.6. The van der Waals surface area contributed by atoms with Gasteiger partial charge in [-0.15, -0.1) is 0 Å². The molecule has 1 aromatic heterocycles. The topological polar surface area (TPSA) is 79.2 Å². The maximum Gasteiger partial charge on any atom is 0.315 e. The third-order valence-corrected chi connectivity index (χ3v) is 4.90. The third kappa shape index (κ3) is 3.53. The number of aromatic nitrogens is 2. The fourth-order valence-electron chi connectivity index (χ4n) is 3.21. The van der Waals surface area contributed by atoms with Crippen LogP contribution in [0.2, 0.25) is 0 Å². The number of hydrogen-bond donors (Lipinski definition) is 3. The number of hydrogen-bond acceptors (Lipinski definition) is 3. The number of carbonyl (C=O) groups excluding carboxylic acids is 1. The van der Waals surface area contributed by atoms with E-state index in [4.69, 9.17) is 0 Å². The molecule has 1 aliphatic rings. The van der Waals surface area contributed by atoms with Gasteiger partial charge in [-0.2, -0.15) is 0 Å². The number of amides is 2. The van der Waals surface area contributed by atoms with Crippen LogP contribution in [0, 0.1) is 12.8 Å². The molecule has 2 amide bonds. The van der Waals surface area contributed by atoms with E-state index in [-0.39, 0.29) is 12.6 Å². The van der Waals surface area contributed by atoms with Crippen molar-refractivity contribution in [2.75, 3.05) is 13.2 Å². The second-order valence-corrected chi connectivity index (χ2v) is 6.88. The van der Waals surface area contributed by atoms with Gasteiger partial charge in [0.1, 0.15) is 5.82 Å². The van der Waals surface area contributed by atoms with Gasteiger partial charge in [0.2, 0.25) is 0 Å². The Hall–Kier alpha value is -2.08. The number of rotatable bonds is 7. The number of carbonyl (C=O) groups is 1. The third-order valence-electron chi connectivity index (χ3n) is 4.90. The average Bonchev–Trinajstić information content (AvgIpc) is 3.37. The maximum absolute atomic E-state index is 12.0. The second kappa shape index (κ2) is 6.81. The zero-order valence-electron chi connectivity index (χ0n) is 14.4. The summed E-state index contributed by atoms with van der Waals surface area (Å²) in [5.41, 5.74) is 1.63. The molecule has 3 N–H and O–H groups in total. The Morgan fingerprint density at radius 1 is 1.42 bits per heavy atom. The van der Waals surface area contributed by atoms with E-state index in [0.29, 0.717) is 12.5 Å². The van der Waals surface area contributed by atoms with Gasteiger partial charge in [0.15, 0.2) is 0 Å². The van der Waals surface area contributed by atoms with Crippen molar-refractivity contribution in [1.82, 2.24) is 20.2 Å². The molecule has 1 atom stereocenters. The Morgan fingerprint density at radius 3 is 2.88 bits per heavy atom. The van der Waals surface area contributed by atoms with Crippen LogP contribution in [0.1, 0.15) is 32.0 Å². The molecule has 0 spiro atoms. The smallest absolute Gasteiger partial charge is 0.315 e. The van der Waals surface area contributed by atoms with E-state index in [1.807, 2.05) is 32.0 Å². The lowest BCUT2D eigenvalue weighted by molar-refractivity contribution is 0.155. The number of aliphatic hydroxyl groups excluding tert-OH is 1. The van der Waals surface area contributed by atoms with Crippen LogP contribution in [0.4, 0.5) is 4.79 Å². The summed E-state index contributed by atoms with van der Waals surface area (Å²) in [5.74, 6) is 1.38. The van der Waals surface area contributed by atoms with Gasteiger partial charge in [-0.05, 0) is 51.2 Å². The zero-order chi connectivity index (χ0) is 17.2. The van der Waals surface area contributed by atoms with Crippen molar-refractivity contribution < 1.29 is 9.90 Å². The first kappa shape index (κ1) is 16.8. The van der Waals surface area contributed by atoms with Gasteiger partial charge >= 0.3 is 6.03 Å². The highest BCUT2D eigenvalue weighted by Gasteiger charge is 2.42. The number of nitrogens with zero attached hydrogens (tertiary/aromatic N) is 2. The Morgan fingerprint density at radius 2 is 2.17 bits per heavy atom. The van der Waals surface area contributed by atoms with Gasteiger partial charge in [0.25, 0.3) is 0 Å². The number of aryl methyl sites for hydroxylation is 2. The van der Waals surface area contributed by atoms with Crippen molar-refractivity contribution in [2.45, 2.75) is 45.2 Å². The van der Waals surface area contributed by atoms with E-state index in [0.717, 1.165) is 42.7 Å². The van der Waals surface area contributed by atoms with Gasteiger partial charge in [0, 0.05) is 13.1 Å². The normalized spacial score (nSPS) is 16.8. The monoisotopic (exact) mass is 330 g/mol. The van der Waals surface area contributed by atoms with Crippen LogP contribution in [0.3, 0.4) is 0 Å². The first-order valence-corrected chi connectivity index (χ1v) is 8.62.